The highest BCUT2D eigenvalue weighted by atomic mass is 16.5. The maximum atomic E-state index is 5.14. The second-order valence-electron chi connectivity index (χ2n) is 3.05. The smallest absolute Gasteiger partial charge is 0.119 e. The first-order valence-electron chi connectivity index (χ1n) is 4.31. The molecule has 1 aliphatic carbocycles. The van der Waals surface area contributed by atoms with E-state index in [1.54, 1.807) is 7.11 Å². The van der Waals surface area contributed by atoms with Gasteiger partial charge in [0.25, 0.3) is 0 Å². The summed E-state index contributed by atoms with van der Waals surface area (Å²) in [7, 11) is 1.70. The number of ether oxygens (including phenoxy) is 1. The van der Waals surface area contributed by atoms with Crippen LogP contribution in [-0.4, -0.2) is 7.11 Å². The lowest BCUT2D eigenvalue weighted by Gasteiger charge is -2.15. The van der Waals surface area contributed by atoms with Crippen molar-refractivity contribution in [3.8, 4) is 5.75 Å². The first kappa shape index (κ1) is 7.66. The quantitative estimate of drug-likeness (QED) is 0.613. The van der Waals surface area contributed by atoms with Crippen molar-refractivity contribution in [2.24, 2.45) is 0 Å². The van der Waals surface area contributed by atoms with Crippen LogP contribution in [0.15, 0.2) is 18.2 Å². The molecule has 12 heavy (non-hydrogen) atoms. The summed E-state index contributed by atoms with van der Waals surface area (Å²) in [5, 5.41) is 0. The molecule has 0 saturated heterocycles. The summed E-state index contributed by atoms with van der Waals surface area (Å²) in [6.07, 6.45) is 6.86. The van der Waals surface area contributed by atoms with Crippen LogP contribution in [0.25, 0.3) is 0 Å². The highest BCUT2D eigenvalue weighted by molar-refractivity contribution is 5.41. The van der Waals surface area contributed by atoms with Crippen LogP contribution in [-0.2, 0) is 6.42 Å². The molecule has 0 atom stereocenters. The molecule has 0 aliphatic heterocycles. The van der Waals surface area contributed by atoms with Gasteiger partial charge in [0.2, 0.25) is 0 Å². The first-order chi connectivity index (χ1) is 5.90. The summed E-state index contributed by atoms with van der Waals surface area (Å²) < 4.78 is 5.14. The van der Waals surface area contributed by atoms with Gasteiger partial charge in [0, 0.05) is 6.42 Å². The van der Waals surface area contributed by atoms with Crippen LogP contribution < -0.4 is 4.74 Å². The van der Waals surface area contributed by atoms with Gasteiger partial charge in [-0.2, -0.15) is 0 Å². The van der Waals surface area contributed by atoms with Crippen LogP contribution in [0, 0.1) is 6.42 Å². The number of rotatable bonds is 1. The zero-order chi connectivity index (χ0) is 8.39. The van der Waals surface area contributed by atoms with Gasteiger partial charge in [-0.3, -0.25) is 0 Å². The molecule has 0 amide bonds. The zero-order valence-electron chi connectivity index (χ0n) is 7.26. The SMILES string of the molecule is COc1ccc2c(c1)[C]CCC2. The molecular formula is C11H12O. The van der Waals surface area contributed by atoms with E-state index in [2.05, 4.69) is 18.6 Å². The lowest BCUT2D eigenvalue weighted by molar-refractivity contribution is 0.414. The van der Waals surface area contributed by atoms with E-state index in [0.717, 1.165) is 12.2 Å². The molecule has 1 aliphatic rings. The maximum Gasteiger partial charge on any atom is 0.119 e. The van der Waals surface area contributed by atoms with E-state index in [1.807, 2.05) is 6.07 Å². The summed E-state index contributed by atoms with van der Waals surface area (Å²) in [4.78, 5) is 0. The standard InChI is InChI=1S/C11H12O/c1-12-11-7-6-9-4-2-3-5-10(9)8-11/h6-8H,2-4H2,1H3. The van der Waals surface area contributed by atoms with E-state index in [9.17, 15) is 0 Å². The van der Waals surface area contributed by atoms with Crippen molar-refractivity contribution in [1.29, 1.82) is 0 Å². The predicted molar refractivity (Wildman–Crippen MR) is 48.3 cm³/mol. The average Bonchev–Trinajstić information content (AvgIpc) is 2.17. The minimum atomic E-state index is 0.933. The number of hydrogen-bond donors (Lipinski definition) is 0. The first-order valence-corrected chi connectivity index (χ1v) is 4.31. The summed E-state index contributed by atoms with van der Waals surface area (Å²) >= 11 is 0. The third kappa shape index (κ3) is 1.31. The number of aryl methyl sites for hydroxylation is 1. The van der Waals surface area contributed by atoms with Gasteiger partial charge in [-0.05, 0) is 42.5 Å². The fourth-order valence-corrected chi connectivity index (χ4v) is 1.57. The Bertz CT molecular complexity index is 278. The van der Waals surface area contributed by atoms with Crippen LogP contribution in [0.2, 0.25) is 0 Å². The molecule has 0 fully saturated rings. The summed E-state index contributed by atoms with van der Waals surface area (Å²) in [6, 6.07) is 6.22. The second-order valence-corrected chi connectivity index (χ2v) is 3.05. The molecule has 1 aromatic carbocycles. The highest BCUT2D eigenvalue weighted by Crippen LogP contribution is 2.26. The van der Waals surface area contributed by atoms with Gasteiger partial charge in [0.15, 0.2) is 0 Å². The summed E-state index contributed by atoms with van der Waals surface area (Å²) in [5.41, 5.74) is 2.64. The van der Waals surface area contributed by atoms with E-state index >= 15 is 0 Å². The molecule has 0 aromatic heterocycles. The number of fused-ring (bicyclic) bond motifs is 1. The van der Waals surface area contributed by atoms with Gasteiger partial charge >= 0.3 is 0 Å². The van der Waals surface area contributed by atoms with Gasteiger partial charge in [0.1, 0.15) is 5.75 Å². The monoisotopic (exact) mass is 160 g/mol. The van der Waals surface area contributed by atoms with Gasteiger partial charge in [-0.25, -0.2) is 0 Å². The Morgan fingerprint density at radius 1 is 1.42 bits per heavy atom. The Balaban J connectivity index is 2.36. The molecule has 0 N–H and O–H groups in total. The third-order valence-corrected chi connectivity index (χ3v) is 2.26. The third-order valence-electron chi connectivity index (χ3n) is 2.26. The molecule has 0 unspecified atom stereocenters. The van der Waals surface area contributed by atoms with Crippen LogP contribution in [0.3, 0.4) is 0 Å². The normalized spacial score (nSPS) is 15.4. The molecule has 2 radical (unpaired) electrons. The van der Waals surface area contributed by atoms with Crippen LogP contribution in [0.5, 0.6) is 5.75 Å². The van der Waals surface area contributed by atoms with E-state index < -0.39 is 0 Å². The molecule has 0 heterocycles. The molecule has 0 saturated carbocycles. The topological polar surface area (TPSA) is 9.23 Å². The number of benzene rings is 1. The van der Waals surface area contributed by atoms with E-state index in [0.29, 0.717) is 0 Å². The van der Waals surface area contributed by atoms with E-state index in [-0.39, 0.29) is 0 Å². The number of methoxy groups -OCH3 is 1. The molecule has 2 rings (SSSR count). The fourth-order valence-electron chi connectivity index (χ4n) is 1.57. The Labute approximate surface area is 73.4 Å². The zero-order valence-corrected chi connectivity index (χ0v) is 7.26. The molecule has 1 heteroatoms. The van der Waals surface area contributed by atoms with Crippen molar-refractivity contribution in [1.82, 2.24) is 0 Å². The van der Waals surface area contributed by atoms with Crippen molar-refractivity contribution in [3.05, 3.63) is 35.7 Å². The molecule has 62 valence electrons. The summed E-state index contributed by atoms with van der Waals surface area (Å²) in [6.45, 7) is 0. The highest BCUT2D eigenvalue weighted by Gasteiger charge is 2.09. The minimum absolute atomic E-state index is 0.933. The molecule has 1 aromatic rings. The summed E-state index contributed by atoms with van der Waals surface area (Å²) in [5.74, 6) is 0.933. The molecule has 0 spiro atoms. The van der Waals surface area contributed by atoms with E-state index in [4.69, 9.17) is 4.74 Å². The van der Waals surface area contributed by atoms with Gasteiger partial charge in [-0.1, -0.05) is 6.07 Å². The molecule has 1 nitrogen and oxygen atoms in total. The molecule has 0 bridgehead atoms. The van der Waals surface area contributed by atoms with Crippen molar-refractivity contribution in [2.45, 2.75) is 19.3 Å². The Hall–Kier alpha value is -0.980. The van der Waals surface area contributed by atoms with Crippen LogP contribution >= 0.6 is 0 Å². The van der Waals surface area contributed by atoms with Crippen molar-refractivity contribution in [3.63, 3.8) is 0 Å². The Morgan fingerprint density at radius 3 is 3.17 bits per heavy atom. The number of hydrogen-bond acceptors (Lipinski definition) is 1. The van der Waals surface area contributed by atoms with Crippen LogP contribution in [0.1, 0.15) is 24.0 Å². The van der Waals surface area contributed by atoms with Crippen molar-refractivity contribution >= 4 is 0 Å². The maximum absolute atomic E-state index is 5.14. The Kier molecular flexibility index (Phi) is 2.03. The lowest BCUT2D eigenvalue weighted by atomic mass is 9.92. The average molecular weight is 160 g/mol. The van der Waals surface area contributed by atoms with E-state index in [1.165, 1.54) is 24.0 Å². The second kappa shape index (κ2) is 3.18. The van der Waals surface area contributed by atoms with Crippen LogP contribution in [0.4, 0.5) is 0 Å². The van der Waals surface area contributed by atoms with Gasteiger partial charge in [-0.15, -0.1) is 0 Å². The Morgan fingerprint density at radius 2 is 2.33 bits per heavy atom. The fraction of sp³-hybridized carbons (Fsp3) is 0.364. The minimum Gasteiger partial charge on any atom is -0.497 e. The van der Waals surface area contributed by atoms with Gasteiger partial charge < -0.3 is 4.74 Å². The lowest BCUT2D eigenvalue weighted by Crippen LogP contribution is -2.00. The predicted octanol–water partition coefficient (Wildman–Crippen LogP) is 2.46. The largest absolute Gasteiger partial charge is 0.497 e. The van der Waals surface area contributed by atoms with Crippen molar-refractivity contribution < 1.29 is 4.74 Å². The molecular weight excluding hydrogens is 148 g/mol. The van der Waals surface area contributed by atoms with Crippen molar-refractivity contribution in [2.75, 3.05) is 7.11 Å². The van der Waals surface area contributed by atoms with Gasteiger partial charge in [0.05, 0.1) is 7.11 Å².